The van der Waals surface area contributed by atoms with Crippen molar-refractivity contribution in [3.8, 4) is 0 Å². The van der Waals surface area contributed by atoms with Gasteiger partial charge >= 0.3 is 81.0 Å². The SMILES string of the molecule is [O]=[Mn](=[O])(=[O])[O-].[O]=[Mn](=[O])(=[O])[O-].[TeH2+2]. The molecule has 8 nitrogen and oxygen atoms in total. The zero-order valence-corrected chi connectivity index (χ0v) is 9.74. The summed E-state index contributed by atoms with van der Waals surface area (Å²) >= 11 is -11.2. The fourth-order valence-corrected chi connectivity index (χ4v) is 0. The van der Waals surface area contributed by atoms with Crippen molar-refractivity contribution in [2.75, 3.05) is 0 Å². The van der Waals surface area contributed by atoms with E-state index in [0.717, 1.165) is 0 Å². The van der Waals surface area contributed by atoms with Crippen LogP contribution in [0.5, 0.6) is 0 Å². The first-order valence-corrected chi connectivity index (χ1v) is 5.09. The third kappa shape index (κ3) is 2560. The van der Waals surface area contributed by atoms with E-state index in [4.69, 9.17) is 31.4 Å². The molecule has 0 rings (SSSR count). The van der Waals surface area contributed by atoms with E-state index in [-0.39, 0.29) is 23.7 Å². The van der Waals surface area contributed by atoms with Crippen molar-refractivity contribution in [1.29, 1.82) is 0 Å². The first kappa shape index (κ1) is 17.6. The number of hydrogen-bond acceptors (Lipinski definition) is 8. The molecule has 0 bridgehead atoms. The van der Waals surface area contributed by atoms with Crippen LogP contribution in [0.15, 0.2) is 0 Å². The van der Waals surface area contributed by atoms with Crippen molar-refractivity contribution in [2.24, 2.45) is 0 Å². The molecule has 0 aromatic rings. The van der Waals surface area contributed by atoms with Gasteiger partial charge in [-0.25, -0.2) is 0 Å². The summed E-state index contributed by atoms with van der Waals surface area (Å²) < 4.78 is 68.6. The molecule has 0 aliphatic heterocycles. The minimum atomic E-state index is -5.62. The predicted molar refractivity (Wildman–Crippen MR) is 12.7 cm³/mol. The first-order valence-electron chi connectivity index (χ1n) is 1.23. The molecule has 0 saturated carbocycles. The molecule has 11 heavy (non-hydrogen) atoms. The monoisotopic (exact) mass is 370 g/mol. The summed E-state index contributed by atoms with van der Waals surface area (Å²) in [6.45, 7) is 0. The molecule has 0 aliphatic carbocycles. The van der Waals surface area contributed by atoms with Crippen molar-refractivity contribution in [3.63, 3.8) is 0 Å². The maximum absolute atomic E-state index is 8.58. The molecule has 2 radical (unpaired) electrons. The van der Waals surface area contributed by atoms with Crippen molar-refractivity contribution >= 4 is 23.7 Å². The van der Waals surface area contributed by atoms with Crippen LogP contribution in [0.25, 0.3) is 0 Å². The Morgan fingerprint density at radius 2 is 0.636 bits per heavy atom. The fraction of sp³-hybridized carbons (Fsp3) is 0. The van der Waals surface area contributed by atoms with Gasteiger partial charge < -0.3 is 0 Å². The van der Waals surface area contributed by atoms with E-state index < -0.39 is 25.9 Å². The zero-order valence-electron chi connectivity index (χ0n) is 4.52. The van der Waals surface area contributed by atoms with Crippen molar-refractivity contribution < 1.29 is 57.3 Å². The Labute approximate surface area is 80.6 Å². The Hall–Kier alpha value is 0.549. The van der Waals surface area contributed by atoms with Gasteiger partial charge in [0, 0.05) is 0 Å². The van der Waals surface area contributed by atoms with Gasteiger partial charge in [-0.2, -0.15) is 0 Å². The molecule has 0 amide bonds. The van der Waals surface area contributed by atoms with E-state index >= 15 is 0 Å². The standard InChI is InChI=1S/2Mn.8O.H2Te/h;;;;;;;;;;1H2/q;;;;;;;;2*-1;+2. The van der Waals surface area contributed by atoms with E-state index in [1.807, 2.05) is 0 Å². The maximum atomic E-state index is 8.58. The Morgan fingerprint density at radius 3 is 0.636 bits per heavy atom. The summed E-state index contributed by atoms with van der Waals surface area (Å²) in [4.78, 5) is 0. The minimum absolute atomic E-state index is 0. The van der Waals surface area contributed by atoms with Gasteiger partial charge in [0.25, 0.3) is 0 Å². The van der Waals surface area contributed by atoms with Gasteiger partial charge in [-0.1, -0.05) is 0 Å². The van der Waals surface area contributed by atoms with Crippen LogP contribution in [-0.4, -0.2) is 23.7 Å². The van der Waals surface area contributed by atoms with Crippen LogP contribution in [-0.2, 0) is 48.9 Å². The molecule has 0 aromatic carbocycles. The van der Waals surface area contributed by atoms with Crippen LogP contribution in [0.1, 0.15) is 0 Å². The quantitative estimate of drug-likeness (QED) is 0.393. The van der Waals surface area contributed by atoms with Crippen molar-refractivity contribution in [1.82, 2.24) is 0 Å². The zero-order chi connectivity index (χ0) is 9.00. The molecule has 70 valence electrons. The van der Waals surface area contributed by atoms with Crippen LogP contribution in [0, 0.1) is 0 Å². The Kier molecular flexibility index (Phi) is 9.76. The van der Waals surface area contributed by atoms with Crippen LogP contribution in [0.4, 0.5) is 0 Å². The summed E-state index contributed by atoms with van der Waals surface area (Å²) in [5, 5.41) is 0. The molecule has 0 fully saturated rings. The second-order valence-corrected chi connectivity index (χ2v) is 3.12. The Balaban J connectivity index is -0.000000107. The topological polar surface area (TPSA) is 149 Å². The summed E-state index contributed by atoms with van der Waals surface area (Å²) in [6, 6.07) is 0. The van der Waals surface area contributed by atoms with E-state index in [0.29, 0.717) is 0 Å². The average Bonchev–Trinajstić information content (AvgIpc) is 1.12. The van der Waals surface area contributed by atoms with Crippen molar-refractivity contribution in [2.45, 2.75) is 0 Å². The first-order chi connectivity index (χ1) is 4.00. The van der Waals surface area contributed by atoms with Crippen LogP contribution < -0.4 is 8.38 Å². The van der Waals surface area contributed by atoms with E-state index in [1.165, 1.54) is 0 Å². The molecule has 11 heteroatoms. The summed E-state index contributed by atoms with van der Waals surface area (Å²) in [5.74, 6) is 0. The van der Waals surface area contributed by atoms with E-state index in [9.17, 15) is 0 Å². The van der Waals surface area contributed by atoms with Gasteiger partial charge in [0.1, 0.15) is 0 Å². The summed E-state index contributed by atoms with van der Waals surface area (Å²) in [7, 11) is 0. The summed E-state index contributed by atoms with van der Waals surface area (Å²) in [6.07, 6.45) is 0. The molecule has 0 atom stereocenters. The second kappa shape index (κ2) is 6.11. The van der Waals surface area contributed by atoms with Gasteiger partial charge in [-0.05, 0) is 0 Å². The molecule has 0 spiro atoms. The van der Waals surface area contributed by atoms with Crippen molar-refractivity contribution in [3.05, 3.63) is 0 Å². The Morgan fingerprint density at radius 1 is 0.636 bits per heavy atom. The van der Waals surface area contributed by atoms with Crippen LogP contribution in [0.3, 0.4) is 0 Å². The molecule has 0 heterocycles. The van der Waals surface area contributed by atoms with Gasteiger partial charge in [0.05, 0.1) is 0 Å². The third-order valence-corrected chi connectivity index (χ3v) is 0. The van der Waals surface area contributed by atoms with Gasteiger partial charge in [-0.3, -0.25) is 0 Å². The molecule has 0 unspecified atom stereocenters. The molecule has 0 N–H and O–H groups in total. The van der Waals surface area contributed by atoms with Gasteiger partial charge in [0.15, 0.2) is 0 Å². The molecule has 0 saturated heterocycles. The second-order valence-electron chi connectivity index (χ2n) is 0.756. The van der Waals surface area contributed by atoms with E-state index in [1.54, 1.807) is 0 Å². The van der Waals surface area contributed by atoms with Crippen LogP contribution in [0.2, 0.25) is 0 Å². The fourth-order valence-electron chi connectivity index (χ4n) is 0. The summed E-state index contributed by atoms with van der Waals surface area (Å²) in [5.41, 5.74) is 0. The molecule has 0 aromatic heterocycles. The number of hydrogen-bond donors (Lipinski definition) is 0. The predicted octanol–water partition coefficient (Wildman–Crippen LogP) is -4.01. The average molecular weight is 367 g/mol. The molecular weight excluding hydrogens is 365 g/mol. The van der Waals surface area contributed by atoms with Gasteiger partial charge in [0.2, 0.25) is 0 Å². The number of rotatable bonds is 0. The van der Waals surface area contributed by atoms with Gasteiger partial charge in [-0.15, -0.1) is 0 Å². The third-order valence-electron chi connectivity index (χ3n) is 0. The van der Waals surface area contributed by atoms with Crippen LogP contribution >= 0.6 is 0 Å². The van der Waals surface area contributed by atoms with E-state index in [2.05, 4.69) is 0 Å². The Bertz CT molecular complexity index is 296. The molecular formula is H2Mn2O8Te. The molecule has 0 aliphatic rings. The normalized spacial score (nSPS) is 10.4.